The summed E-state index contributed by atoms with van der Waals surface area (Å²) in [5, 5.41) is 12.3. The van der Waals surface area contributed by atoms with E-state index in [1.807, 2.05) is 55.5 Å². The fraction of sp³-hybridized carbons (Fsp3) is 0.235. The Balaban J connectivity index is 1.76. The van der Waals surface area contributed by atoms with Crippen molar-refractivity contribution >= 4 is 5.69 Å². The highest BCUT2D eigenvalue weighted by Gasteiger charge is 2.01. The van der Waals surface area contributed by atoms with Crippen molar-refractivity contribution in [2.75, 3.05) is 18.5 Å². The predicted molar refractivity (Wildman–Crippen MR) is 80.9 cm³/mol. The number of ether oxygens (including phenoxy) is 1. The molecule has 1 N–H and O–H groups in total. The lowest BCUT2D eigenvalue weighted by Gasteiger charge is -2.10. The lowest BCUT2D eigenvalue weighted by Crippen LogP contribution is -2.08. The number of nitrogens with one attached hydrogen (secondary N) is 1. The highest BCUT2D eigenvalue weighted by atomic mass is 16.5. The first-order valence-electron chi connectivity index (χ1n) is 6.72. The van der Waals surface area contributed by atoms with E-state index in [-0.39, 0.29) is 0 Å². The molecule has 20 heavy (non-hydrogen) atoms. The van der Waals surface area contributed by atoms with Gasteiger partial charge in [0.25, 0.3) is 0 Å². The molecule has 0 bridgehead atoms. The third-order valence-corrected chi connectivity index (χ3v) is 2.94. The molecule has 0 aliphatic heterocycles. The van der Waals surface area contributed by atoms with Gasteiger partial charge >= 0.3 is 0 Å². The fourth-order valence-electron chi connectivity index (χ4n) is 1.90. The number of benzene rings is 2. The van der Waals surface area contributed by atoms with E-state index in [9.17, 15) is 0 Å². The molecule has 0 aromatic heterocycles. The molecule has 0 atom stereocenters. The molecule has 102 valence electrons. The van der Waals surface area contributed by atoms with Gasteiger partial charge in [-0.15, -0.1) is 0 Å². The van der Waals surface area contributed by atoms with Crippen LogP contribution in [0.3, 0.4) is 0 Å². The monoisotopic (exact) mass is 266 g/mol. The van der Waals surface area contributed by atoms with E-state index in [4.69, 9.17) is 10.00 Å². The summed E-state index contributed by atoms with van der Waals surface area (Å²) < 4.78 is 5.62. The second kappa shape index (κ2) is 7.20. The van der Waals surface area contributed by atoms with Crippen molar-refractivity contribution in [3.8, 4) is 11.8 Å². The topological polar surface area (TPSA) is 45.0 Å². The standard InChI is InChI=1S/C17H18N2O/c1-14-8-9-15(13-18)17(12-14)19-10-5-11-20-16-6-3-2-4-7-16/h2-4,6-9,12,19H,5,10-11H2,1H3. The number of hydrogen-bond acceptors (Lipinski definition) is 3. The minimum atomic E-state index is 0.657. The van der Waals surface area contributed by atoms with Crippen LogP contribution in [-0.2, 0) is 0 Å². The molecule has 0 unspecified atom stereocenters. The van der Waals surface area contributed by atoms with Crippen molar-refractivity contribution < 1.29 is 4.74 Å². The van der Waals surface area contributed by atoms with Crippen molar-refractivity contribution in [2.45, 2.75) is 13.3 Å². The molecular weight excluding hydrogens is 248 g/mol. The highest BCUT2D eigenvalue weighted by molar-refractivity contribution is 5.58. The molecule has 3 nitrogen and oxygen atoms in total. The second-order valence-corrected chi connectivity index (χ2v) is 4.60. The number of anilines is 1. The van der Waals surface area contributed by atoms with Crippen LogP contribution in [0.1, 0.15) is 17.5 Å². The van der Waals surface area contributed by atoms with E-state index in [1.165, 1.54) is 0 Å². The number of aryl methyl sites for hydroxylation is 1. The molecule has 0 radical (unpaired) electrons. The van der Waals surface area contributed by atoms with Crippen LogP contribution in [0.2, 0.25) is 0 Å². The SMILES string of the molecule is Cc1ccc(C#N)c(NCCCOc2ccccc2)c1. The van der Waals surface area contributed by atoms with Crippen LogP contribution in [0.15, 0.2) is 48.5 Å². The first-order chi connectivity index (χ1) is 9.79. The Morgan fingerprint density at radius 1 is 1.15 bits per heavy atom. The van der Waals surface area contributed by atoms with Crippen LogP contribution in [0.5, 0.6) is 5.75 Å². The summed E-state index contributed by atoms with van der Waals surface area (Å²) >= 11 is 0. The predicted octanol–water partition coefficient (Wildman–Crippen LogP) is 3.75. The van der Waals surface area contributed by atoms with Gasteiger partial charge in [0.05, 0.1) is 17.9 Å². The summed E-state index contributed by atoms with van der Waals surface area (Å²) in [4.78, 5) is 0. The largest absolute Gasteiger partial charge is 0.494 e. The van der Waals surface area contributed by atoms with Crippen LogP contribution in [0.4, 0.5) is 5.69 Å². The van der Waals surface area contributed by atoms with Gasteiger partial charge in [-0.3, -0.25) is 0 Å². The maximum atomic E-state index is 9.05. The highest BCUT2D eigenvalue weighted by Crippen LogP contribution is 2.16. The first-order valence-corrected chi connectivity index (χ1v) is 6.72. The van der Waals surface area contributed by atoms with Gasteiger partial charge in [-0.25, -0.2) is 0 Å². The van der Waals surface area contributed by atoms with Crippen molar-refractivity contribution in [1.29, 1.82) is 5.26 Å². The summed E-state index contributed by atoms with van der Waals surface area (Å²) in [6, 6.07) is 17.8. The minimum Gasteiger partial charge on any atom is -0.494 e. The van der Waals surface area contributed by atoms with Crippen LogP contribution >= 0.6 is 0 Å². The zero-order valence-electron chi connectivity index (χ0n) is 11.6. The van der Waals surface area contributed by atoms with Crippen LogP contribution in [-0.4, -0.2) is 13.2 Å². The zero-order valence-corrected chi connectivity index (χ0v) is 11.6. The number of nitriles is 1. The Bertz CT molecular complexity index is 588. The van der Waals surface area contributed by atoms with Crippen LogP contribution < -0.4 is 10.1 Å². The molecule has 2 aromatic rings. The maximum absolute atomic E-state index is 9.05. The number of rotatable bonds is 6. The lowest BCUT2D eigenvalue weighted by molar-refractivity contribution is 0.315. The van der Waals surface area contributed by atoms with Crippen molar-refractivity contribution in [2.24, 2.45) is 0 Å². The van der Waals surface area contributed by atoms with E-state index in [0.717, 1.165) is 30.0 Å². The van der Waals surface area contributed by atoms with Crippen molar-refractivity contribution in [3.63, 3.8) is 0 Å². The Morgan fingerprint density at radius 3 is 2.70 bits per heavy atom. The van der Waals surface area contributed by atoms with Gasteiger partial charge in [-0.05, 0) is 43.2 Å². The van der Waals surface area contributed by atoms with Crippen LogP contribution in [0.25, 0.3) is 0 Å². The molecule has 0 saturated heterocycles. The Hall–Kier alpha value is -2.47. The Kier molecular flexibility index (Phi) is 5.02. The molecule has 0 spiro atoms. The fourth-order valence-corrected chi connectivity index (χ4v) is 1.90. The third kappa shape index (κ3) is 4.03. The maximum Gasteiger partial charge on any atom is 0.119 e. The average Bonchev–Trinajstić information content (AvgIpc) is 2.48. The summed E-state index contributed by atoms with van der Waals surface area (Å²) in [5.41, 5.74) is 2.72. The molecule has 0 amide bonds. The zero-order chi connectivity index (χ0) is 14.2. The molecule has 2 aromatic carbocycles. The molecule has 0 aliphatic rings. The third-order valence-electron chi connectivity index (χ3n) is 2.94. The summed E-state index contributed by atoms with van der Waals surface area (Å²) in [6.45, 7) is 3.46. The van der Waals surface area contributed by atoms with Crippen molar-refractivity contribution in [3.05, 3.63) is 59.7 Å². The molecular formula is C17H18N2O. The first kappa shape index (κ1) is 14.0. The summed E-state index contributed by atoms with van der Waals surface area (Å²) in [5.74, 6) is 0.890. The smallest absolute Gasteiger partial charge is 0.119 e. The van der Waals surface area contributed by atoms with E-state index in [2.05, 4.69) is 11.4 Å². The quantitative estimate of drug-likeness (QED) is 0.810. The van der Waals surface area contributed by atoms with Gasteiger partial charge in [0.1, 0.15) is 11.8 Å². The van der Waals surface area contributed by atoms with Gasteiger partial charge in [0.15, 0.2) is 0 Å². The van der Waals surface area contributed by atoms with Gasteiger partial charge in [-0.2, -0.15) is 5.26 Å². The summed E-state index contributed by atoms with van der Waals surface area (Å²) in [7, 11) is 0. The number of nitrogens with zero attached hydrogens (tertiary/aromatic N) is 1. The van der Waals surface area contributed by atoms with Gasteiger partial charge in [0, 0.05) is 6.54 Å². The Morgan fingerprint density at radius 2 is 1.95 bits per heavy atom. The van der Waals surface area contributed by atoms with E-state index < -0.39 is 0 Å². The molecule has 3 heteroatoms. The van der Waals surface area contributed by atoms with E-state index >= 15 is 0 Å². The number of hydrogen-bond donors (Lipinski definition) is 1. The van der Waals surface area contributed by atoms with Gasteiger partial charge < -0.3 is 10.1 Å². The Labute approximate surface area is 119 Å². The molecule has 0 heterocycles. The molecule has 0 aliphatic carbocycles. The summed E-state index contributed by atoms with van der Waals surface area (Å²) in [6.07, 6.45) is 0.883. The van der Waals surface area contributed by atoms with Crippen molar-refractivity contribution in [1.82, 2.24) is 0 Å². The minimum absolute atomic E-state index is 0.657. The lowest BCUT2D eigenvalue weighted by atomic mass is 10.1. The van der Waals surface area contributed by atoms with Gasteiger partial charge in [0.2, 0.25) is 0 Å². The second-order valence-electron chi connectivity index (χ2n) is 4.60. The number of para-hydroxylation sites is 1. The molecule has 0 fully saturated rings. The normalized spacial score (nSPS) is 9.80. The van der Waals surface area contributed by atoms with Crippen LogP contribution in [0, 0.1) is 18.3 Å². The molecule has 0 saturated carbocycles. The van der Waals surface area contributed by atoms with E-state index in [0.29, 0.717) is 12.2 Å². The molecule has 2 rings (SSSR count). The average molecular weight is 266 g/mol. The van der Waals surface area contributed by atoms with Gasteiger partial charge in [-0.1, -0.05) is 24.3 Å². The van der Waals surface area contributed by atoms with E-state index in [1.54, 1.807) is 0 Å².